The smallest absolute Gasteiger partial charge is 0.326 e. The van der Waals surface area contributed by atoms with Gasteiger partial charge in [-0.15, -0.1) is 0 Å². The van der Waals surface area contributed by atoms with Crippen molar-refractivity contribution < 1.29 is 29.4 Å². The number of amides is 3. The van der Waals surface area contributed by atoms with Crippen molar-refractivity contribution in [2.45, 2.75) is 71.1 Å². The topological polar surface area (TPSA) is 171 Å². The maximum absolute atomic E-state index is 13.2. The highest BCUT2D eigenvalue weighted by atomic mass is 32.2. The van der Waals surface area contributed by atoms with Crippen molar-refractivity contribution in [2.75, 3.05) is 12.0 Å². The summed E-state index contributed by atoms with van der Waals surface area (Å²) in [7, 11) is 0. The van der Waals surface area contributed by atoms with E-state index in [1.165, 1.54) is 23.9 Å². The number of carboxylic acids is 1. The number of carboxylic acid groups (broad SMARTS) is 1. The molecular formula is C25H40N4O6S. The van der Waals surface area contributed by atoms with Gasteiger partial charge in [0.2, 0.25) is 17.7 Å². The normalized spacial score (nSPS) is 14.6. The second kappa shape index (κ2) is 15.4. The Labute approximate surface area is 217 Å². The third kappa shape index (κ3) is 10.9. The van der Waals surface area contributed by atoms with Gasteiger partial charge in [-0.2, -0.15) is 11.8 Å². The lowest BCUT2D eigenvalue weighted by atomic mass is 10.0. The molecule has 202 valence electrons. The van der Waals surface area contributed by atoms with Gasteiger partial charge in [-0.1, -0.05) is 39.8 Å². The van der Waals surface area contributed by atoms with Crippen LogP contribution in [0.2, 0.25) is 0 Å². The van der Waals surface area contributed by atoms with Gasteiger partial charge in [0.05, 0.1) is 6.04 Å². The molecule has 0 spiro atoms. The van der Waals surface area contributed by atoms with Gasteiger partial charge in [0.1, 0.15) is 23.9 Å². The summed E-state index contributed by atoms with van der Waals surface area (Å²) < 4.78 is 0. The number of carbonyl (C=O) groups excluding carboxylic acids is 3. The summed E-state index contributed by atoms with van der Waals surface area (Å²) in [6.45, 7) is 7.18. The van der Waals surface area contributed by atoms with Gasteiger partial charge >= 0.3 is 5.97 Å². The molecule has 4 unspecified atom stereocenters. The number of thioether (sulfide) groups is 1. The van der Waals surface area contributed by atoms with Crippen LogP contribution in [0.3, 0.4) is 0 Å². The molecule has 1 aromatic rings. The minimum absolute atomic E-state index is 0.0604. The quantitative estimate of drug-likeness (QED) is 0.199. The Bertz CT molecular complexity index is 878. The van der Waals surface area contributed by atoms with Crippen molar-refractivity contribution in [2.24, 2.45) is 17.6 Å². The molecule has 0 saturated carbocycles. The van der Waals surface area contributed by atoms with E-state index in [1.54, 1.807) is 26.0 Å². The van der Waals surface area contributed by atoms with E-state index in [1.807, 2.05) is 20.1 Å². The first-order chi connectivity index (χ1) is 16.8. The van der Waals surface area contributed by atoms with Crippen molar-refractivity contribution in [1.82, 2.24) is 16.0 Å². The Morgan fingerprint density at radius 1 is 0.917 bits per heavy atom. The summed E-state index contributed by atoms with van der Waals surface area (Å²) in [5.41, 5.74) is 6.82. The van der Waals surface area contributed by atoms with Crippen molar-refractivity contribution in [3.63, 3.8) is 0 Å². The monoisotopic (exact) mass is 524 g/mol. The predicted molar refractivity (Wildman–Crippen MR) is 141 cm³/mol. The standard InChI is InChI=1S/C25H40N4O6S/c1-14(2)12-20(28-22(31)18(26)13-16-6-8-17(30)9-7-16)24(33)27-19(10-11-36-5)23(32)29-21(15(3)4)25(34)35/h6-9,14-15,18-21,30H,10-13,26H2,1-5H3,(H,27,33)(H,28,31)(H,29,32)(H,34,35). The molecule has 0 aromatic heterocycles. The number of nitrogens with one attached hydrogen (secondary N) is 3. The lowest BCUT2D eigenvalue weighted by Gasteiger charge is -2.26. The highest BCUT2D eigenvalue weighted by molar-refractivity contribution is 7.98. The van der Waals surface area contributed by atoms with E-state index >= 15 is 0 Å². The van der Waals surface area contributed by atoms with Crippen molar-refractivity contribution in [3.05, 3.63) is 29.8 Å². The molecule has 0 aliphatic heterocycles. The van der Waals surface area contributed by atoms with Crippen LogP contribution in [0.15, 0.2) is 24.3 Å². The van der Waals surface area contributed by atoms with Crippen LogP contribution in [0.4, 0.5) is 0 Å². The molecule has 0 radical (unpaired) electrons. The molecule has 1 aromatic carbocycles. The van der Waals surface area contributed by atoms with Gasteiger partial charge in [0, 0.05) is 0 Å². The average Bonchev–Trinajstić information content (AvgIpc) is 2.79. The minimum Gasteiger partial charge on any atom is -0.508 e. The molecule has 3 amide bonds. The van der Waals surface area contributed by atoms with Gasteiger partial charge < -0.3 is 31.9 Å². The number of phenolic OH excluding ortho intramolecular Hbond substituents is 1. The Morgan fingerprint density at radius 2 is 1.47 bits per heavy atom. The first kappa shape index (κ1) is 31.2. The largest absolute Gasteiger partial charge is 0.508 e. The van der Waals surface area contributed by atoms with Crippen LogP contribution in [-0.4, -0.2) is 70.1 Å². The SMILES string of the molecule is CSCCC(NC(=O)C(CC(C)C)NC(=O)C(N)Cc1ccc(O)cc1)C(=O)NC(C(=O)O)C(C)C. The summed E-state index contributed by atoms with van der Waals surface area (Å²) in [4.78, 5) is 50.4. The Morgan fingerprint density at radius 3 is 1.97 bits per heavy atom. The maximum atomic E-state index is 13.2. The number of aliphatic carboxylic acids is 1. The molecule has 7 N–H and O–H groups in total. The van der Waals surface area contributed by atoms with Gasteiger partial charge in [-0.05, 0) is 60.8 Å². The molecule has 36 heavy (non-hydrogen) atoms. The highest BCUT2D eigenvalue weighted by Crippen LogP contribution is 2.12. The van der Waals surface area contributed by atoms with Crippen LogP contribution < -0.4 is 21.7 Å². The molecule has 10 nitrogen and oxygen atoms in total. The Kier molecular flexibility index (Phi) is 13.3. The Balaban J connectivity index is 2.94. The van der Waals surface area contributed by atoms with Gasteiger partial charge in [0.25, 0.3) is 0 Å². The molecular weight excluding hydrogens is 484 g/mol. The molecule has 0 heterocycles. The van der Waals surface area contributed by atoms with Crippen LogP contribution in [0.1, 0.15) is 46.1 Å². The van der Waals surface area contributed by atoms with Crippen LogP contribution in [0.5, 0.6) is 5.75 Å². The first-order valence-electron chi connectivity index (χ1n) is 12.0. The lowest BCUT2D eigenvalue weighted by molar-refractivity contribution is -0.143. The minimum atomic E-state index is -1.15. The van der Waals surface area contributed by atoms with Crippen LogP contribution in [0.25, 0.3) is 0 Å². The molecule has 0 bridgehead atoms. The number of carbonyl (C=O) groups is 4. The molecule has 1 rings (SSSR count). The second-order valence-electron chi connectivity index (χ2n) is 9.58. The van der Waals surface area contributed by atoms with E-state index in [9.17, 15) is 29.4 Å². The summed E-state index contributed by atoms with van der Waals surface area (Å²) in [5, 5.41) is 26.7. The summed E-state index contributed by atoms with van der Waals surface area (Å²) >= 11 is 1.49. The van der Waals surface area contributed by atoms with Crippen molar-refractivity contribution in [3.8, 4) is 5.75 Å². The predicted octanol–water partition coefficient (Wildman–Crippen LogP) is 1.26. The van der Waals surface area contributed by atoms with Gasteiger partial charge in [-0.25, -0.2) is 4.79 Å². The highest BCUT2D eigenvalue weighted by Gasteiger charge is 2.31. The fourth-order valence-corrected chi connectivity index (χ4v) is 3.98. The van der Waals surface area contributed by atoms with Crippen LogP contribution in [-0.2, 0) is 25.6 Å². The molecule has 0 fully saturated rings. The second-order valence-corrected chi connectivity index (χ2v) is 10.6. The maximum Gasteiger partial charge on any atom is 0.326 e. The number of rotatable bonds is 15. The number of benzene rings is 1. The van der Waals surface area contributed by atoms with E-state index < -0.39 is 47.9 Å². The molecule has 0 saturated heterocycles. The fourth-order valence-electron chi connectivity index (χ4n) is 3.50. The number of aromatic hydroxyl groups is 1. The molecule has 11 heteroatoms. The molecule has 0 aliphatic carbocycles. The van der Waals surface area contributed by atoms with E-state index in [-0.39, 0.29) is 24.0 Å². The van der Waals surface area contributed by atoms with E-state index in [0.29, 0.717) is 18.6 Å². The zero-order valence-electron chi connectivity index (χ0n) is 21.6. The summed E-state index contributed by atoms with van der Waals surface area (Å²) in [5.74, 6) is -2.40. The number of phenols is 1. The lowest BCUT2D eigenvalue weighted by Crippen LogP contribution is -2.58. The van der Waals surface area contributed by atoms with E-state index in [2.05, 4.69) is 16.0 Å². The van der Waals surface area contributed by atoms with E-state index in [0.717, 1.165) is 5.56 Å². The van der Waals surface area contributed by atoms with E-state index in [4.69, 9.17) is 5.73 Å². The third-order valence-electron chi connectivity index (χ3n) is 5.54. The average molecular weight is 525 g/mol. The number of nitrogens with two attached hydrogens (primary N) is 1. The zero-order chi connectivity index (χ0) is 27.4. The Hall–Kier alpha value is -2.79. The molecule has 4 atom stereocenters. The van der Waals surface area contributed by atoms with Gasteiger partial charge in [0.15, 0.2) is 0 Å². The molecule has 0 aliphatic rings. The zero-order valence-corrected chi connectivity index (χ0v) is 22.4. The third-order valence-corrected chi connectivity index (χ3v) is 6.19. The first-order valence-corrected chi connectivity index (χ1v) is 13.4. The summed E-state index contributed by atoms with van der Waals surface area (Å²) in [6, 6.07) is 2.45. The van der Waals surface area contributed by atoms with Crippen molar-refractivity contribution in [1.29, 1.82) is 0 Å². The van der Waals surface area contributed by atoms with Gasteiger partial charge in [-0.3, -0.25) is 14.4 Å². The number of hydrogen-bond acceptors (Lipinski definition) is 7. The fraction of sp³-hybridized carbons (Fsp3) is 0.600. The van der Waals surface area contributed by atoms with Crippen LogP contribution in [0, 0.1) is 11.8 Å². The number of hydrogen-bond donors (Lipinski definition) is 6. The summed E-state index contributed by atoms with van der Waals surface area (Å²) in [6.07, 6.45) is 2.70. The van der Waals surface area contributed by atoms with Crippen molar-refractivity contribution >= 4 is 35.5 Å². The van der Waals surface area contributed by atoms with Crippen LogP contribution >= 0.6 is 11.8 Å².